The molecule has 0 saturated carbocycles. The number of ether oxygens (including phenoxy) is 1. The quantitative estimate of drug-likeness (QED) is 0.325. The van der Waals surface area contributed by atoms with E-state index in [2.05, 4.69) is 0 Å². The third kappa shape index (κ3) is 4.75. The van der Waals surface area contributed by atoms with E-state index in [-0.39, 0.29) is 13.1 Å². The van der Waals surface area contributed by atoms with Gasteiger partial charge in [-0.05, 0) is 26.8 Å². The molecule has 2 rings (SSSR count). The highest BCUT2D eigenvalue weighted by Gasteiger charge is 2.47. The molecule has 1 aromatic rings. The summed E-state index contributed by atoms with van der Waals surface area (Å²) in [6, 6.07) is 0.704. The number of nitro benzene ring substituents is 1. The summed E-state index contributed by atoms with van der Waals surface area (Å²) in [7, 11) is 0. The maximum atomic E-state index is 14.3. The zero-order chi connectivity index (χ0) is 22.3. The first-order valence-electron chi connectivity index (χ1n) is 8.84. The van der Waals surface area contributed by atoms with Gasteiger partial charge in [0.15, 0.2) is 11.6 Å². The van der Waals surface area contributed by atoms with Crippen molar-refractivity contribution in [2.24, 2.45) is 11.3 Å². The van der Waals surface area contributed by atoms with Gasteiger partial charge in [0.1, 0.15) is 11.4 Å². The molecule has 8 nitrogen and oxygen atoms in total. The summed E-state index contributed by atoms with van der Waals surface area (Å²) in [6.45, 7) is 7.64. The van der Waals surface area contributed by atoms with Crippen molar-refractivity contribution < 1.29 is 32.8 Å². The third-order valence-corrected chi connectivity index (χ3v) is 4.44. The van der Waals surface area contributed by atoms with Crippen LogP contribution in [0.25, 0.3) is 0 Å². The summed E-state index contributed by atoms with van der Waals surface area (Å²) in [6.07, 6.45) is -0.744. The average molecular weight is 412 g/mol. The molecule has 1 atom stereocenters. The summed E-state index contributed by atoms with van der Waals surface area (Å²) < 4.78 is 33.5. The summed E-state index contributed by atoms with van der Waals surface area (Å²) in [5.41, 5.74) is -3.85. The van der Waals surface area contributed by atoms with E-state index in [0.29, 0.717) is 12.1 Å². The number of rotatable bonds is 3. The second-order valence-corrected chi connectivity index (χ2v) is 8.57. The molecule has 1 heterocycles. The Hall–Kier alpha value is -2.91. The molecule has 1 aliphatic heterocycles. The van der Waals surface area contributed by atoms with Gasteiger partial charge in [0, 0.05) is 18.5 Å². The van der Waals surface area contributed by atoms with Crippen LogP contribution in [-0.2, 0) is 9.53 Å². The number of hydrogen-bond acceptors (Lipinski definition) is 6. The zero-order valence-corrected chi connectivity index (χ0v) is 16.7. The largest absolute Gasteiger partial charge is 0.444 e. The number of piperidine rings is 1. The van der Waals surface area contributed by atoms with E-state index >= 15 is 0 Å². The first kappa shape index (κ1) is 22.4. The number of carbonyl (C=O) groups excluding carboxylic acids is 3. The fraction of sp³-hybridized carbons (Fsp3) is 0.526. The van der Waals surface area contributed by atoms with Gasteiger partial charge in [-0.1, -0.05) is 13.8 Å². The zero-order valence-electron chi connectivity index (χ0n) is 16.7. The molecule has 0 N–H and O–H groups in total. The fourth-order valence-corrected chi connectivity index (χ4v) is 3.11. The molecule has 10 heteroatoms. The molecular formula is C19H22F2N2O6. The predicted octanol–water partition coefficient (Wildman–Crippen LogP) is 3.52. The van der Waals surface area contributed by atoms with E-state index < -0.39 is 62.4 Å². The van der Waals surface area contributed by atoms with Crippen LogP contribution in [0.3, 0.4) is 0 Å². The van der Waals surface area contributed by atoms with Crippen molar-refractivity contribution in [2.45, 2.75) is 40.2 Å². The molecule has 0 spiro atoms. The molecule has 0 bridgehead atoms. The van der Waals surface area contributed by atoms with E-state index in [4.69, 9.17) is 4.74 Å². The lowest BCUT2D eigenvalue weighted by atomic mass is 9.74. The van der Waals surface area contributed by atoms with Crippen molar-refractivity contribution in [2.75, 3.05) is 13.1 Å². The van der Waals surface area contributed by atoms with Gasteiger partial charge in [-0.15, -0.1) is 0 Å². The topological polar surface area (TPSA) is 107 Å². The lowest BCUT2D eigenvalue weighted by Gasteiger charge is -2.40. The van der Waals surface area contributed by atoms with Gasteiger partial charge in [0.2, 0.25) is 5.82 Å². The van der Waals surface area contributed by atoms with Crippen molar-refractivity contribution >= 4 is 23.3 Å². The Labute approximate surface area is 166 Å². The van der Waals surface area contributed by atoms with Crippen LogP contribution >= 0.6 is 0 Å². The summed E-state index contributed by atoms with van der Waals surface area (Å²) in [5, 5.41) is 10.7. The molecule has 0 aromatic heterocycles. The number of hydrogen-bond donors (Lipinski definition) is 0. The van der Waals surface area contributed by atoms with Crippen molar-refractivity contribution in [1.29, 1.82) is 0 Å². The highest BCUT2D eigenvalue weighted by atomic mass is 19.1. The van der Waals surface area contributed by atoms with Crippen molar-refractivity contribution in [1.82, 2.24) is 4.90 Å². The van der Waals surface area contributed by atoms with Crippen LogP contribution in [0, 0.1) is 33.1 Å². The van der Waals surface area contributed by atoms with Crippen molar-refractivity contribution in [3.05, 3.63) is 39.4 Å². The Kier molecular flexibility index (Phi) is 5.78. The van der Waals surface area contributed by atoms with Gasteiger partial charge in [0.25, 0.3) is 0 Å². The molecule has 158 valence electrons. The van der Waals surface area contributed by atoms with E-state index in [0.717, 1.165) is 0 Å². The molecule has 0 radical (unpaired) electrons. The third-order valence-electron chi connectivity index (χ3n) is 4.44. The Balaban J connectivity index is 2.40. The second-order valence-electron chi connectivity index (χ2n) is 8.57. The number of nitrogens with zero attached hydrogens (tertiary/aromatic N) is 2. The normalized spacial score (nSPS) is 19.1. The number of nitro groups is 1. The number of Topliss-reactive ketones (excluding diaryl/α,β-unsaturated/α-hetero) is 2. The van der Waals surface area contributed by atoms with Crippen LogP contribution in [0.15, 0.2) is 12.1 Å². The van der Waals surface area contributed by atoms with Gasteiger partial charge in [-0.3, -0.25) is 19.7 Å². The minimum absolute atomic E-state index is 0.0123. The van der Waals surface area contributed by atoms with Crippen LogP contribution in [0.1, 0.15) is 45.0 Å². The highest BCUT2D eigenvalue weighted by Crippen LogP contribution is 2.33. The van der Waals surface area contributed by atoms with Gasteiger partial charge in [-0.2, -0.15) is 4.39 Å². The maximum Gasteiger partial charge on any atom is 0.410 e. The number of likely N-dealkylation sites (tertiary alicyclic amines) is 1. The van der Waals surface area contributed by atoms with Crippen LogP contribution in [0.2, 0.25) is 0 Å². The van der Waals surface area contributed by atoms with Crippen molar-refractivity contribution in [3.63, 3.8) is 0 Å². The molecule has 1 saturated heterocycles. The maximum absolute atomic E-state index is 14.3. The van der Waals surface area contributed by atoms with E-state index in [9.17, 15) is 33.3 Å². The Morgan fingerprint density at radius 3 is 2.34 bits per heavy atom. The number of ketones is 2. The summed E-state index contributed by atoms with van der Waals surface area (Å²) in [4.78, 5) is 48.8. The SMILES string of the molecule is CC(C)(C)OC(=O)N1CC(C(=O)c2cc(F)c([N+](=O)[O-])cc2F)C(=O)C(C)(C)C1. The van der Waals surface area contributed by atoms with E-state index in [1.807, 2.05) is 0 Å². The van der Waals surface area contributed by atoms with Crippen LogP contribution in [-0.4, -0.2) is 46.2 Å². The standard InChI is InChI=1S/C19H22F2N2O6/c1-18(2,3)29-17(26)22-8-11(16(25)19(4,5)9-22)15(24)10-6-13(21)14(23(27)28)7-12(10)20/h6-7,11H,8-9H2,1-5H3. The highest BCUT2D eigenvalue weighted by molar-refractivity contribution is 6.13. The molecule has 29 heavy (non-hydrogen) atoms. The molecule has 0 aliphatic carbocycles. The number of halogens is 2. The minimum atomic E-state index is -1.46. The second kappa shape index (κ2) is 7.49. The smallest absolute Gasteiger partial charge is 0.410 e. The fourth-order valence-electron chi connectivity index (χ4n) is 3.11. The van der Waals surface area contributed by atoms with Crippen molar-refractivity contribution in [3.8, 4) is 0 Å². The Morgan fingerprint density at radius 2 is 1.83 bits per heavy atom. The van der Waals surface area contributed by atoms with Gasteiger partial charge in [-0.25, -0.2) is 9.18 Å². The molecular weight excluding hydrogens is 390 g/mol. The number of amides is 1. The molecule has 1 unspecified atom stereocenters. The molecule has 1 aliphatic rings. The molecule has 1 amide bonds. The first-order chi connectivity index (χ1) is 13.1. The minimum Gasteiger partial charge on any atom is -0.444 e. The first-order valence-corrected chi connectivity index (χ1v) is 8.84. The van der Waals surface area contributed by atoms with Crippen LogP contribution in [0.4, 0.5) is 19.3 Å². The number of carbonyl (C=O) groups is 3. The summed E-state index contributed by atoms with van der Waals surface area (Å²) >= 11 is 0. The van der Waals surface area contributed by atoms with E-state index in [1.54, 1.807) is 20.8 Å². The average Bonchev–Trinajstić information content (AvgIpc) is 2.56. The van der Waals surface area contributed by atoms with Crippen LogP contribution in [0.5, 0.6) is 0 Å². The van der Waals surface area contributed by atoms with Crippen LogP contribution < -0.4 is 0 Å². The lowest BCUT2D eigenvalue weighted by molar-refractivity contribution is -0.387. The molecule has 1 aromatic carbocycles. The Morgan fingerprint density at radius 1 is 1.24 bits per heavy atom. The van der Waals surface area contributed by atoms with Gasteiger partial charge >= 0.3 is 11.8 Å². The van der Waals surface area contributed by atoms with Gasteiger partial charge in [0.05, 0.1) is 22.5 Å². The Bertz CT molecular complexity index is 891. The monoisotopic (exact) mass is 412 g/mol. The summed E-state index contributed by atoms with van der Waals surface area (Å²) in [5.74, 6) is -5.76. The lowest BCUT2D eigenvalue weighted by Crippen LogP contribution is -2.56. The van der Waals surface area contributed by atoms with Gasteiger partial charge < -0.3 is 9.64 Å². The van der Waals surface area contributed by atoms with E-state index in [1.165, 1.54) is 18.7 Å². The predicted molar refractivity (Wildman–Crippen MR) is 97.4 cm³/mol. The molecule has 1 fully saturated rings. The number of benzene rings is 1.